The Morgan fingerprint density at radius 2 is 1.67 bits per heavy atom. The zero-order valence-electron chi connectivity index (χ0n) is 16.4. The first kappa shape index (κ1) is 19.7. The highest BCUT2D eigenvalue weighted by Gasteiger charge is 2.09. The predicted octanol–water partition coefficient (Wildman–Crippen LogP) is 5.79. The summed E-state index contributed by atoms with van der Waals surface area (Å²) in [5.41, 5.74) is 2.24. The number of hydrogen-bond donors (Lipinski definition) is 1. The largest absolute Gasteiger partial charge is 0.457 e. The summed E-state index contributed by atoms with van der Waals surface area (Å²) < 4.78 is 7.50. The molecule has 1 aromatic heterocycles. The molecule has 0 atom stereocenters. The van der Waals surface area contributed by atoms with Crippen molar-refractivity contribution in [1.29, 1.82) is 0 Å². The van der Waals surface area contributed by atoms with E-state index < -0.39 is 0 Å². The van der Waals surface area contributed by atoms with Crippen molar-refractivity contribution in [1.82, 2.24) is 9.55 Å². The molecule has 0 unspecified atom stereocenters. The van der Waals surface area contributed by atoms with E-state index in [9.17, 15) is 4.79 Å². The van der Waals surface area contributed by atoms with Crippen molar-refractivity contribution in [3.8, 4) is 11.5 Å². The highest BCUT2D eigenvalue weighted by molar-refractivity contribution is 6.30. The molecule has 0 fully saturated rings. The van der Waals surface area contributed by atoms with Gasteiger partial charge >= 0.3 is 0 Å². The quantitative estimate of drug-likeness (QED) is 0.431. The number of anilines is 2. The first-order valence-electron chi connectivity index (χ1n) is 9.50. The summed E-state index contributed by atoms with van der Waals surface area (Å²) in [4.78, 5) is 17.2. The van der Waals surface area contributed by atoms with Gasteiger partial charge < -0.3 is 10.1 Å². The second-order valence-corrected chi connectivity index (χ2v) is 7.28. The summed E-state index contributed by atoms with van der Waals surface area (Å²) in [5.74, 6) is 1.90. The van der Waals surface area contributed by atoms with Crippen LogP contribution in [0.3, 0.4) is 0 Å². The minimum Gasteiger partial charge on any atom is -0.457 e. The Balaban J connectivity index is 1.62. The molecule has 0 saturated heterocycles. The lowest BCUT2D eigenvalue weighted by Gasteiger charge is -2.15. The topological polar surface area (TPSA) is 56.2 Å². The average molecular weight is 418 g/mol. The molecule has 0 aliphatic carbocycles. The van der Waals surface area contributed by atoms with Gasteiger partial charge in [-0.1, -0.05) is 48.0 Å². The molecule has 0 amide bonds. The maximum atomic E-state index is 12.7. The third kappa shape index (κ3) is 4.88. The number of ether oxygens (including phenoxy) is 1. The fraction of sp³-hybridized carbons (Fsp3) is 0.0833. The lowest BCUT2D eigenvalue weighted by Crippen LogP contribution is -2.24. The molecule has 0 bridgehead atoms. The van der Waals surface area contributed by atoms with Crippen LogP contribution in [0.5, 0.6) is 11.5 Å². The lowest BCUT2D eigenvalue weighted by atomic mass is 10.2. The molecule has 0 spiro atoms. The molecule has 30 heavy (non-hydrogen) atoms. The van der Waals surface area contributed by atoms with Crippen molar-refractivity contribution in [2.75, 3.05) is 5.32 Å². The van der Waals surface area contributed by atoms with Gasteiger partial charge in [0, 0.05) is 28.5 Å². The van der Waals surface area contributed by atoms with E-state index in [1.807, 2.05) is 66.7 Å². The Labute approximate surface area is 179 Å². The number of aromatic nitrogens is 2. The minimum absolute atomic E-state index is 0.128. The molecule has 5 nitrogen and oxygen atoms in total. The molecular formula is C24H20ClN3O2. The van der Waals surface area contributed by atoms with Crippen molar-refractivity contribution >= 4 is 23.2 Å². The van der Waals surface area contributed by atoms with Gasteiger partial charge in [0.1, 0.15) is 11.5 Å². The normalized spacial score (nSPS) is 10.6. The van der Waals surface area contributed by atoms with Crippen LogP contribution in [0, 0.1) is 6.92 Å². The number of para-hydroxylation sites is 1. The van der Waals surface area contributed by atoms with Crippen molar-refractivity contribution in [2.24, 2.45) is 0 Å². The minimum atomic E-state index is -0.128. The maximum absolute atomic E-state index is 12.7. The second-order valence-electron chi connectivity index (χ2n) is 6.84. The molecule has 4 aromatic rings. The van der Waals surface area contributed by atoms with Gasteiger partial charge in [0.05, 0.1) is 6.54 Å². The summed E-state index contributed by atoms with van der Waals surface area (Å²) in [5, 5.41) is 3.91. The van der Waals surface area contributed by atoms with Crippen molar-refractivity contribution in [2.45, 2.75) is 13.5 Å². The molecule has 1 heterocycles. The van der Waals surface area contributed by atoms with E-state index in [1.54, 1.807) is 23.6 Å². The third-order valence-electron chi connectivity index (χ3n) is 4.46. The van der Waals surface area contributed by atoms with Gasteiger partial charge in [-0.2, -0.15) is 0 Å². The number of nitrogens with one attached hydrogen (secondary N) is 1. The van der Waals surface area contributed by atoms with Gasteiger partial charge in [-0.3, -0.25) is 9.36 Å². The van der Waals surface area contributed by atoms with E-state index >= 15 is 0 Å². The number of rotatable bonds is 6. The van der Waals surface area contributed by atoms with Crippen LogP contribution in [0.2, 0.25) is 5.02 Å². The Morgan fingerprint density at radius 3 is 2.43 bits per heavy atom. The number of nitrogens with zero attached hydrogens (tertiary/aromatic N) is 2. The van der Waals surface area contributed by atoms with Gasteiger partial charge in [0.15, 0.2) is 0 Å². The Morgan fingerprint density at radius 1 is 0.933 bits per heavy atom. The van der Waals surface area contributed by atoms with Crippen LogP contribution in [0.4, 0.5) is 11.6 Å². The number of aryl methyl sites for hydroxylation is 1. The Hall–Kier alpha value is -3.57. The van der Waals surface area contributed by atoms with E-state index in [-0.39, 0.29) is 5.56 Å². The highest BCUT2D eigenvalue weighted by Crippen LogP contribution is 2.25. The van der Waals surface area contributed by atoms with Crippen LogP contribution in [-0.4, -0.2) is 9.55 Å². The van der Waals surface area contributed by atoms with Gasteiger partial charge in [-0.05, 0) is 48.9 Å². The maximum Gasteiger partial charge on any atom is 0.255 e. The molecule has 6 heteroatoms. The van der Waals surface area contributed by atoms with E-state index in [1.165, 1.54) is 6.07 Å². The summed E-state index contributed by atoms with van der Waals surface area (Å²) in [6, 6.07) is 26.0. The van der Waals surface area contributed by atoms with Gasteiger partial charge in [0.2, 0.25) is 5.95 Å². The standard InChI is InChI=1S/C24H20ClN3O2/c1-17-14-23(29)28(16-18-10-12-19(25)13-11-18)24(26-17)27-20-6-5-9-22(15-20)30-21-7-3-2-4-8-21/h2-15H,16H2,1H3,(H,26,27). The molecule has 150 valence electrons. The fourth-order valence-electron chi connectivity index (χ4n) is 3.03. The smallest absolute Gasteiger partial charge is 0.255 e. The van der Waals surface area contributed by atoms with Gasteiger partial charge in [-0.15, -0.1) is 0 Å². The van der Waals surface area contributed by atoms with E-state index in [2.05, 4.69) is 10.3 Å². The van der Waals surface area contributed by atoms with Crippen LogP contribution < -0.4 is 15.6 Å². The van der Waals surface area contributed by atoms with Crippen molar-refractivity contribution < 1.29 is 4.74 Å². The zero-order chi connectivity index (χ0) is 20.9. The molecule has 0 radical (unpaired) electrons. The zero-order valence-corrected chi connectivity index (χ0v) is 17.1. The summed E-state index contributed by atoms with van der Waals surface area (Å²) in [6.45, 7) is 2.18. The third-order valence-corrected chi connectivity index (χ3v) is 4.71. The molecule has 0 saturated carbocycles. The second kappa shape index (κ2) is 8.84. The number of halogens is 1. The van der Waals surface area contributed by atoms with E-state index in [0.717, 1.165) is 17.0 Å². The molecule has 0 aliphatic heterocycles. The summed E-state index contributed by atoms with van der Waals surface area (Å²) in [6.07, 6.45) is 0. The predicted molar refractivity (Wildman–Crippen MR) is 120 cm³/mol. The first-order chi connectivity index (χ1) is 14.6. The van der Waals surface area contributed by atoms with Crippen molar-refractivity contribution in [3.63, 3.8) is 0 Å². The fourth-order valence-corrected chi connectivity index (χ4v) is 3.16. The van der Waals surface area contributed by atoms with Gasteiger partial charge in [-0.25, -0.2) is 4.98 Å². The Kier molecular flexibility index (Phi) is 5.82. The summed E-state index contributed by atoms with van der Waals surface area (Å²) >= 11 is 5.97. The van der Waals surface area contributed by atoms with Crippen LogP contribution in [0.15, 0.2) is 89.7 Å². The lowest BCUT2D eigenvalue weighted by molar-refractivity contribution is 0.483. The molecule has 4 rings (SSSR count). The summed E-state index contributed by atoms with van der Waals surface area (Å²) in [7, 11) is 0. The first-order valence-corrected chi connectivity index (χ1v) is 9.87. The SMILES string of the molecule is Cc1cc(=O)n(Cc2ccc(Cl)cc2)c(Nc2cccc(Oc3ccccc3)c2)n1. The van der Waals surface area contributed by atoms with Crippen LogP contribution in [0.25, 0.3) is 0 Å². The van der Waals surface area contributed by atoms with E-state index in [4.69, 9.17) is 16.3 Å². The molecular weight excluding hydrogens is 398 g/mol. The Bertz CT molecular complexity index is 1210. The van der Waals surface area contributed by atoms with Crippen LogP contribution >= 0.6 is 11.6 Å². The highest BCUT2D eigenvalue weighted by atomic mass is 35.5. The monoisotopic (exact) mass is 417 g/mol. The van der Waals surface area contributed by atoms with Crippen molar-refractivity contribution in [3.05, 3.63) is 112 Å². The molecule has 3 aromatic carbocycles. The number of hydrogen-bond acceptors (Lipinski definition) is 4. The van der Waals surface area contributed by atoms with Crippen LogP contribution in [0.1, 0.15) is 11.3 Å². The van der Waals surface area contributed by atoms with Gasteiger partial charge in [0.25, 0.3) is 5.56 Å². The van der Waals surface area contributed by atoms with Crippen LogP contribution in [-0.2, 0) is 6.54 Å². The molecule has 0 aliphatic rings. The van der Waals surface area contributed by atoms with E-state index in [0.29, 0.717) is 29.0 Å². The number of benzene rings is 3. The average Bonchev–Trinajstić information content (AvgIpc) is 2.73. The molecule has 1 N–H and O–H groups in total.